The molecule has 0 saturated heterocycles. The van der Waals surface area contributed by atoms with Crippen molar-refractivity contribution in [3.05, 3.63) is 35.4 Å². The fourth-order valence-electron chi connectivity index (χ4n) is 1.80. The minimum atomic E-state index is -2.98. The van der Waals surface area contributed by atoms with Crippen molar-refractivity contribution < 1.29 is 13.2 Å². The van der Waals surface area contributed by atoms with Crippen LogP contribution in [-0.2, 0) is 15.3 Å². The molecule has 0 aliphatic heterocycles. The fourth-order valence-corrected chi connectivity index (χ4v) is 2.46. The molecule has 0 N–H and O–H groups in total. The Balaban J connectivity index is 2.64. The van der Waals surface area contributed by atoms with Gasteiger partial charge in [0.25, 0.3) is 0 Å². The molecule has 0 aromatic heterocycles. The predicted molar refractivity (Wildman–Crippen MR) is 78.4 cm³/mol. The molecule has 0 bridgehead atoms. The second-order valence-electron chi connectivity index (χ2n) is 5.98. The highest BCUT2D eigenvalue weighted by molar-refractivity contribution is 7.90. The van der Waals surface area contributed by atoms with E-state index in [-0.39, 0.29) is 23.4 Å². The summed E-state index contributed by atoms with van der Waals surface area (Å²) in [6.45, 7) is 6.36. The van der Waals surface area contributed by atoms with Gasteiger partial charge in [-0.25, -0.2) is 8.42 Å². The zero-order chi connectivity index (χ0) is 14.7. The summed E-state index contributed by atoms with van der Waals surface area (Å²) < 4.78 is 22.0. The lowest BCUT2D eigenvalue weighted by Crippen LogP contribution is -2.11. The molecule has 0 unspecified atom stereocenters. The molecule has 4 heteroatoms. The lowest BCUT2D eigenvalue weighted by Gasteiger charge is -2.18. The highest BCUT2D eigenvalue weighted by atomic mass is 32.2. The number of Topliss-reactive ketones (excluding diaryl/α,β-unsaturated/α-hetero) is 1. The minimum Gasteiger partial charge on any atom is -0.294 e. The van der Waals surface area contributed by atoms with E-state index in [9.17, 15) is 13.2 Å². The SMILES string of the molecule is CC(C)(C)c1ccc(C(=O)CCCS(C)(=O)=O)cc1. The van der Waals surface area contributed by atoms with Crippen LogP contribution in [0.5, 0.6) is 0 Å². The molecule has 0 heterocycles. The van der Waals surface area contributed by atoms with Crippen LogP contribution >= 0.6 is 0 Å². The van der Waals surface area contributed by atoms with E-state index in [0.29, 0.717) is 12.0 Å². The van der Waals surface area contributed by atoms with Gasteiger partial charge < -0.3 is 0 Å². The molecule has 0 saturated carbocycles. The molecule has 0 aliphatic rings. The van der Waals surface area contributed by atoms with Gasteiger partial charge in [0.1, 0.15) is 9.84 Å². The number of carbonyl (C=O) groups excluding carboxylic acids is 1. The molecule has 1 aromatic rings. The van der Waals surface area contributed by atoms with E-state index in [2.05, 4.69) is 20.8 Å². The van der Waals surface area contributed by atoms with E-state index in [1.807, 2.05) is 24.3 Å². The van der Waals surface area contributed by atoms with Gasteiger partial charge in [-0.1, -0.05) is 45.0 Å². The Hall–Kier alpha value is -1.16. The normalized spacial score (nSPS) is 12.4. The predicted octanol–water partition coefficient (Wildman–Crippen LogP) is 2.99. The Morgan fingerprint density at radius 3 is 2.05 bits per heavy atom. The van der Waals surface area contributed by atoms with Crippen molar-refractivity contribution in [1.82, 2.24) is 0 Å². The number of hydrogen-bond donors (Lipinski definition) is 0. The van der Waals surface area contributed by atoms with Crippen LogP contribution in [-0.4, -0.2) is 26.2 Å². The van der Waals surface area contributed by atoms with Crippen molar-refractivity contribution in [2.75, 3.05) is 12.0 Å². The van der Waals surface area contributed by atoms with E-state index < -0.39 is 9.84 Å². The quantitative estimate of drug-likeness (QED) is 0.780. The average molecular weight is 282 g/mol. The molecule has 106 valence electrons. The average Bonchev–Trinajstić information content (AvgIpc) is 2.26. The van der Waals surface area contributed by atoms with Gasteiger partial charge in [-0.15, -0.1) is 0 Å². The molecule has 0 radical (unpaired) electrons. The number of ketones is 1. The summed E-state index contributed by atoms with van der Waals surface area (Å²) in [4.78, 5) is 11.9. The number of rotatable bonds is 5. The maximum atomic E-state index is 11.9. The van der Waals surface area contributed by atoms with E-state index in [1.54, 1.807) is 0 Å². The highest BCUT2D eigenvalue weighted by Gasteiger charge is 2.14. The smallest absolute Gasteiger partial charge is 0.162 e. The molecular formula is C15H22O3S. The first-order valence-electron chi connectivity index (χ1n) is 6.41. The van der Waals surface area contributed by atoms with Crippen LogP contribution in [0.1, 0.15) is 49.5 Å². The van der Waals surface area contributed by atoms with Crippen LogP contribution in [0.15, 0.2) is 24.3 Å². The summed E-state index contributed by atoms with van der Waals surface area (Å²) in [6.07, 6.45) is 1.86. The number of sulfone groups is 1. The van der Waals surface area contributed by atoms with Gasteiger partial charge in [0.15, 0.2) is 5.78 Å². The van der Waals surface area contributed by atoms with Crippen LogP contribution in [0.2, 0.25) is 0 Å². The standard InChI is InChI=1S/C15H22O3S/c1-15(2,3)13-9-7-12(8-10-13)14(16)6-5-11-19(4,17)18/h7-10H,5-6,11H2,1-4H3. The molecule has 0 fully saturated rings. The third-order valence-electron chi connectivity index (χ3n) is 2.99. The second-order valence-corrected chi connectivity index (χ2v) is 8.24. The van der Waals surface area contributed by atoms with Crippen LogP contribution in [0.3, 0.4) is 0 Å². The minimum absolute atomic E-state index is 0.00380. The third kappa shape index (κ3) is 5.55. The molecule has 3 nitrogen and oxygen atoms in total. The Morgan fingerprint density at radius 1 is 1.11 bits per heavy atom. The van der Waals surface area contributed by atoms with Crippen LogP contribution in [0.4, 0.5) is 0 Å². The van der Waals surface area contributed by atoms with Gasteiger partial charge in [-0.3, -0.25) is 4.79 Å². The molecule has 0 spiro atoms. The van der Waals surface area contributed by atoms with E-state index in [0.717, 1.165) is 0 Å². The number of benzene rings is 1. The van der Waals surface area contributed by atoms with Crippen molar-refractivity contribution in [3.8, 4) is 0 Å². The number of carbonyl (C=O) groups is 1. The van der Waals surface area contributed by atoms with Gasteiger partial charge in [0.05, 0.1) is 5.75 Å². The monoisotopic (exact) mass is 282 g/mol. The summed E-state index contributed by atoms with van der Waals surface area (Å²) in [5, 5.41) is 0. The van der Waals surface area contributed by atoms with Crippen molar-refractivity contribution in [2.24, 2.45) is 0 Å². The molecule has 0 atom stereocenters. The largest absolute Gasteiger partial charge is 0.294 e. The van der Waals surface area contributed by atoms with Crippen molar-refractivity contribution in [3.63, 3.8) is 0 Å². The maximum absolute atomic E-state index is 11.9. The van der Waals surface area contributed by atoms with Gasteiger partial charge in [-0.05, 0) is 17.4 Å². The molecule has 1 aromatic carbocycles. The molecule has 0 aliphatic carbocycles. The van der Waals surface area contributed by atoms with Crippen LogP contribution in [0, 0.1) is 0 Å². The van der Waals surface area contributed by atoms with Crippen molar-refractivity contribution in [2.45, 2.75) is 39.0 Å². The fraction of sp³-hybridized carbons (Fsp3) is 0.533. The van der Waals surface area contributed by atoms with Crippen molar-refractivity contribution >= 4 is 15.6 Å². The first-order valence-corrected chi connectivity index (χ1v) is 8.47. The summed E-state index contributed by atoms with van der Waals surface area (Å²) >= 11 is 0. The Bertz CT molecular complexity index is 534. The Labute approximate surface area is 116 Å². The molecular weight excluding hydrogens is 260 g/mol. The van der Waals surface area contributed by atoms with E-state index >= 15 is 0 Å². The topological polar surface area (TPSA) is 51.2 Å². The molecule has 0 amide bonds. The molecule has 19 heavy (non-hydrogen) atoms. The lowest BCUT2D eigenvalue weighted by atomic mass is 9.86. The van der Waals surface area contributed by atoms with Crippen molar-refractivity contribution in [1.29, 1.82) is 0 Å². The zero-order valence-electron chi connectivity index (χ0n) is 12.1. The summed E-state index contributed by atoms with van der Waals surface area (Å²) in [5.41, 5.74) is 1.90. The highest BCUT2D eigenvalue weighted by Crippen LogP contribution is 2.22. The van der Waals surface area contributed by atoms with Crippen LogP contribution in [0.25, 0.3) is 0 Å². The van der Waals surface area contributed by atoms with Gasteiger partial charge in [-0.2, -0.15) is 0 Å². The molecule has 1 rings (SSSR count). The summed E-state index contributed by atoms with van der Waals surface area (Å²) in [7, 11) is -2.98. The Kier molecular flexibility index (Phi) is 4.91. The third-order valence-corrected chi connectivity index (χ3v) is 4.02. The first kappa shape index (κ1) is 15.9. The van der Waals surface area contributed by atoms with Gasteiger partial charge >= 0.3 is 0 Å². The summed E-state index contributed by atoms with van der Waals surface area (Å²) in [5.74, 6) is 0.0721. The van der Waals surface area contributed by atoms with Gasteiger partial charge in [0, 0.05) is 18.2 Å². The Morgan fingerprint density at radius 2 is 1.63 bits per heavy atom. The first-order chi connectivity index (χ1) is 8.59. The second kappa shape index (κ2) is 5.87. The van der Waals surface area contributed by atoms with Gasteiger partial charge in [0.2, 0.25) is 0 Å². The lowest BCUT2D eigenvalue weighted by molar-refractivity contribution is 0.0982. The van der Waals surface area contributed by atoms with E-state index in [4.69, 9.17) is 0 Å². The zero-order valence-corrected chi connectivity index (χ0v) is 12.9. The maximum Gasteiger partial charge on any atom is 0.162 e. The van der Waals surface area contributed by atoms with Crippen LogP contribution < -0.4 is 0 Å². The summed E-state index contributed by atoms with van der Waals surface area (Å²) in [6, 6.07) is 7.57. The number of hydrogen-bond acceptors (Lipinski definition) is 3. The van der Waals surface area contributed by atoms with E-state index in [1.165, 1.54) is 11.8 Å².